The van der Waals surface area contributed by atoms with Gasteiger partial charge in [-0.1, -0.05) is 24.3 Å². The highest BCUT2D eigenvalue weighted by atomic mass is 16.5. The SMILES string of the molecule is Cc1ccccc1CN1CCN(C(=O)c2cc[n+]([O-])cc2)CC1. The fraction of sp³-hybridized carbons (Fsp3) is 0.333. The van der Waals surface area contributed by atoms with Gasteiger partial charge in [0.25, 0.3) is 5.91 Å². The van der Waals surface area contributed by atoms with Gasteiger partial charge >= 0.3 is 0 Å². The van der Waals surface area contributed by atoms with Crippen LogP contribution in [0.4, 0.5) is 0 Å². The first-order chi connectivity index (χ1) is 11.1. The van der Waals surface area contributed by atoms with Gasteiger partial charge in [0.2, 0.25) is 0 Å². The van der Waals surface area contributed by atoms with E-state index in [1.54, 1.807) is 12.1 Å². The second-order valence-corrected chi connectivity index (χ2v) is 5.94. The number of benzene rings is 1. The highest BCUT2D eigenvalue weighted by Gasteiger charge is 2.22. The molecule has 0 atom stereocenters. The van der Waals surface area contributed by atoms with Crippen LogP contribution in [0.1, 0.15) is 21.5 Å². The van der Waals surface area contributed by atoms with E-state index in [0.29, 0.717) is 10.3 Å². The topological polar surface area (TPSA) is 50.5 Å². The molecule has 0 bridgehead atoms. The Morgan fingerprint density at radius 2 is 1.74 bits per heavy atom. The number of piperazine rings is 1. The molecule has 1 fully saturated rings. The van der Waals surface area contributed by atoms with Crippen LogP contribution < -0.4 is 4.73 Å². The molecule has 5 heteroatoms. The zero-order valence-electron chi connectivity index (χ0n) is 13.3. The molecule has 0 radical (unpaired) electrons. The zero-order valence-corrected chi connectivity index (χ0v) is 13.3. The Bertz CT molecular complexity index is 677. The van der Waals surface area contributed by atoms with Crippen molar-refractivity contribution in [3.63, 3.8) is 0 Å². The minimum atomic E-state index is 0.00106. The van der Waals surface area contributed by atoms with Gasteiger partial charge in [-0.25, -0.2) is 0 Å². The summed E-state index contributed by atoms with van der Waals surface area (Å²) in [6, 6.07) is 11.6. The third kappa shape index (κ3) is 3.68. The standard InChI is InChI=1S/C18H21N3O2/c1-15-4-2-3-5-17(15)14-19-10-12-20(13-11-19)18(22)16-6-8-21(23)9-7-16/h2-9H,10-14H2,1H3. The molecule has 2 aromatic rings. The highest BCUT2D eigenvalue weighted by Crippen LogP contribution is 2.13. The summed E-state index contributed by atoms with van der Waals surface area (Å²) in [7, 11) is 0. The molecule has 0 N–H and O–H groups in total. The molecule has 1 aliphatic heterocycles. The molecular weight excluding hydrogens is 290 g/mol. The van der Waals surface area contributed by atoms with Gasteiger partial charge in [-0.3, -0.25) is 9.69 Å². The van der Waals surface area contributed by atoms with Crippen molar-refractivity contribution in [2.45, 2.75) is 13.5 Å². The van der Waals surface area contributed by atoms with E-state index in [1.807, 2.05) is 4.90 Å². The summed E-state index contributed by atoms with van der Waals surface area (Å²) in [6.45, 7) is 6.24. The van der Waals surface area contributed by atoms with Gasteiger partial charge in [0.05, 0.1) is 5.56 Å². The molecule has 1 aromatic carbocycles. The zero-order chi connectivity index (χ0) is 16.2. The Labute approximate surface area is 136 Å². The predicted octanol–water partition coefficient (Wildman–Crippen LogP) is 1.59. The minimum Gasteiger partial charge on any atom is -0.619 e. The Kier molecular flexibility index (Phi) is 4.57. The smallest absolute Gasteiger partial charge is 0.254 e. The molecule has 0 saturated carbocycles. The summed E-state index contributed by atoms with van der Waals surface area (Å²) in [5.41, 5.74) is 3.22. The molecule has 5 nitrogen and oxygen atoms in total. The third-order valence-corrected chi connectivity index (χ3v) is 4.36. The fourth-order valence-corrected chi connectivity index (χ4v) is 2.88. The Morgan fingerprint density at radius 1 is 1.09 bits per heavy atom. The Morgan fingerprint density at radius 3 is 2.39 bits per heavy atom. The van der Waals surface area contributed by atoms with Gasteiger partial charge in [0, 0.05) is 44.9 Å². The quantitative estimate of drug-likeness (QED) is 0.639. The molecule has 2 heterocycles. The van der Waals surface area contributed by atoms with Gasteiger partial charge in [-0.15, -0.1) is 0 Å². The molecule has 3 rings (SSSR count). The number of amides is 1. The minimum absolute atomic E-state index is 0.00106. The maximum Gasteiger partial charge on any atom is 0.254 e. The second kappa shape index (κ2) is 6.79. The maximum atomic E-state index is 12.4. The molecular formula is C18H21N3O2. The van der Waals surface area contributed by atoms with Gasteiger partial charge in [-0.2, -0.15) is 4.73 Å². The number of aromatic nitrogens is 1. The Balaban J connectivity index is 1.57. The van der Waals surface area contributed by atoms with E-state index >= 15 is 0 Å². The first-order valence-electron chi connectivity index (χ1n) is 7.88. The lowest BCUT2D eigenvalue weighted by molar-refractivity contribution is -0.605. The molecule has 1 aliphatic rings. The number of aryl methyl sites for hydroxylation is 1. The first kappa shape index (κ1) is 15.5. The van der Waals surface area contributed by atoms with Gasteiger partial charge in [0.1, 0.15) is 0 Å². The van der Waals surface area contributed by atoms with Crippen LogP contribution in [0.5, 0.6) is 0 Å². The molecule has 1 saturated heterocycles. The van der Waals surface area contributed by atoms with Crippen LogP contribution in [0, 0.1) is 12.1 Å². The summed E-state index contributed by atoms with van der Waals surface area (Å²) in [6.07, 6.45) is 2.73. The van der Waals surface area contributed by atoms with Crippen molar-refractivity contribution in [1.82, 2.24) is 9.80 Å². The van der Waals surface area contributed by atoms with E-state index in [1.165, 1.54) is 23.5 Å². The summed E-state index contributed by atoms with van der Waals surface area (Å²) >= 11 is 0. The monoisotopic (exact) mass is 311 g/mol. The van der Waals surface area contributed by atoms with Gasteiger partial charge in [-0.05, 0) is 18.1 Å². The average molecular weight is 311 g/mol. The van der Waals surface area contributed by atoms with Crippen molar-refractivity contribution in [1.29, 1.82) is 0 Å². The van der Waals surface area contributed by atoms with Crippen molar-refractivity contribution < 1.29 is 9.52 Å². The van der Waals surface area contributed by atoms with Crippen LogP contribution in [-0.2, 0) is 6.54 Å². The summed E-state index contributed by atoms with van der Waals surface area (Å²) < 4.78 is 0.691. The van der Waals surface area contributed by atoms with Crippen molar-refractivity contribution >= 4 is 5.91 Å². The van der Waals surface area contributed by atoms with Gasteiger partial charge < -0.3 is 10.1 Å². The third-order valence-electron chi connectivity index (χ3n) is 4.36. The van der Waals surface area contributed by atoms with Crippen LogP contribution >= 0.6 is 0 Å². The number of hydrogen-bond donors (Lipinski definition) is 0. The van der Waals surface area contributed by atoms with Crippen molar-refractivity contribution in [2.75, 3.05) is 26.2 Å². The van der Waals surface area contributed by atoms with E-state index in [2.05, 4.69) is 36.1 Å². The number of hydrogen-bond acceptors (Lipinski definition) is 3. The number of carbonyl (C=O) groups excluding carboxylic acids is 1. The summed E-state index contributed by atoms with van der Waals surface area (Å²) in [4.78, 5) is 16.7. The fourth-order valence-electron chi connectivity index (χ4n) is 2.88. The summed E-state index contributed by atoms with van der Waals surface area (Å²) in [5.74, 6) is 0.00106. The van der Waals surface area contributed by atoms with Crippen LogP contribution in [-0.4, -0.2) is 41.9 Å². The highest BCUT2D eigenvalue weighted by molar-refractivity contribution is 5.94. The van der Waals surface area contributed by atoms with Crippen molar-refractivity contribution in [3.8, 4) is 0 Å². The van der Waals surface area contributed by atoms with Crippen LogP contribution in [0.15, 0.2) is 48.8 Å². The van der Waals surface area contributed by atoms with E-state index < -0.39 is 0 Å². The molecule has 0 spiro atoms. The van der Waals surface area contributed by atoms with Crippen molar-refractivity contribution in [2.24, 2.45) is 0 Å². The second-order valence-electron chi connectivity index (χ2n) is 5.94. The van der Waals surface area contributed by atoms with E-state index in [0.717, 1.165) is 32.7 Å². The lowest BCUT2D eigenvalue weighted by Gasteiger charge is -2.35. The number of carbonyl (C=O) groups is 1. The summed E-state index contributed by atoms with van der Waals surface area (Å²) in [5, 5.41) is 11.0. The van der Waals surface area contributed by atoms with E-state index in [9.17, 15) is 10.0 Å². The normalized spacial score (nSPS) is 15.6. The number of pyridine rings is 1. The number of rotatable bonds is 3. The van der Waals surface area contributed by atoms with Crippen LogP contribution in [0.25, 0.3) is 0 Å². The maximum absolute atomic E-state index is 12.4. The van der Waals surface area contributed by atoms with E-state index in [4.69, 9.17) is 0 Å². The molecule has 23 heavy (non-hydrogen) atoms. The average Bonchev–Trinajstić information content (AvgIpc) is 2.58. The Hall–Kier alpha value is -2.40. The number of nitrogens with zero attached hydrogens (tertiary/aromatic N) is 3. The molecule has 120 valence electrons. The van der Waals surface area contributed by atoms with Crippen molar-refractivity contribution in [3.05, 3.63) is 70.7 Å². The van der Waals surface area contributed by atoms with Crippen LogP contribution in [0.3, 0.4) is 0 Å². The lowest BCUT2D eigenvalue weighted by Crippen LogP contribution is -2.48. The van der Waals surface area contributed by atoms with Crippen LogP contribution in [0.2, 0.25) is 0 Å². The largest absolute Gasteiger partial charge is 0.619 e. The van der Waals surface area contributed by atoms with Gasteiger partial charge in [0.15, 0.2) is 12.4 Å². The molecule has 0 unspecified atom stereocenters. The molecule has 0 aliphatic carbocycles. The van der Waals surface area contributed by atoms with E-state index in [-0.39, 0.29) is 5.91 Å². The first-order valence-corrected chi connectivity index (χ1v) is 7.88. The predicted molar refractivity (Wildman–Crippen MR) is 87.8 cm³/mol. The lowest BCUT2D eigenvalue weighted by atomic mass is 10.1. The molecule has 1 amide bonds. The molecule has 1 aromatic heterocycles.